The first-order valence-corrected chi connectivity index (χ1v) is 10.3. The van der Waals surface area contributed by atoms with E-state index in [-0.39, 0.29) is 17.9 Å². The van der Waals surface area contributed by atoms with E-state index in [0.717, 1.165) is 38.5 Å². The van der Waals surface area contributed by atoms with Gasteiger partial charge in [-0.25, -0.2) is 0 Å². The van der Waals surface area contributed by atoms with E-state index >= 15 is 0 Å². The third kappa shape index (κ3) is 5.18. The predicted molar refractivity (Wildman–Crippen MR) is 100 cm³/mol. The molecule has 6 heteroatoms. The maximum Gasteiger partial charge on any atom is 0.188 e. The lowest BCUT2D eigenvalue weighted by atomic mass is 9.65. The molecule has 0 amide bonds. The number of hydrogen-bond acceptors (Lipinski definition) is 6. The van der Waals surface area contributed by atoms with Crippen molar-refractivity contribution in [1.29, 1.82) is 0 Å². The number of fused-ring (bicyclic) bond motifs is 12. The van der Waals surface area contributed by atoms with E-state index in [1.807, 2.05) is 0 Å². The highest BCUT2D eigenvalue weighted by atomic mass is 16.7. The van der Waals surface area contributed by atoms with Crippen molar-refractivity contribution < 1.29 is 24.8 Å². The highest BCUT2D eigenvalue weighted by molar-refractivity contribution is 4.98. The summed E-state index contributed by atoms with van der Waals surface area (Å²) in [6, 6.07) is 0. The lowest BCUT2D eigenvalue weighted by Gasteiger charge is -2.50. The average Bonchev–Trinajstić information content (AvgIpc) is 2.60. The maximum atomic E-state index is 10.9. The molecule has 154 valence electrons. The normalized spacial score (nSPS) is 46.5. The van der Waals surface area contributed by atoms with Crippen LogP contribution in [0.5, 0.6) is 0 Å². The van der Waals surface area contributed by atoms with Crippen LogP contribution >= 0.6 is 0 Å². The molecule has 0 saturated carbocycles. The Morgan fingerprint density at radius 2 is 1.54 bits per heavy atom. The van der Waals surface area contributed by atoms with E-state index in [2.05, 4.69) is 13.8 Å². The quantitative estimate of drug-likeness (QED) is 0.592. The van der Waals surface area contributed by atoms with Crippen molar-refractivity contribution in [3.05, 3.63) is 0 Å². The van der Waals surface area contributed by atoms with Crippen LogP contribution in [-0.4, -0.2) is 52.3 Å². The zero-order valence-electron chi connectivity index (χ0n) is 16.7. The van der Waals surface area contributed by atoms with Crippen molar-refractivity contribution in [1.82, 2.24) is 0 Å². The van der Waals surface area contributed by atoms with Crippen LogP contribution < -0.4 is 5.73 Å². The second-order valence-corrected chi connectivity index (χ2v) is 8.79. The molecule has 3 fully saturated rings. The molecule has 0 aromatic carbocycles. The maximum absolute atomic E-state index is 10.9. The molecule has 2 unspecified atom stereocenters. The molecule has 26 heavy (non-hydrogen) atoms. The Hall–Kier alpha value is -0.240. The number of aliphatic hydroxyl groups excluding tert-OH is 3. The standard InChI is InChI=1S/C20H39NO5/c1-4-19(2)11-9-7-5-6-8-10-12-20(3,21)26-18-17(24)16(23)15(19)14(13-22)25-18/h14-18,22-24H,4-13,21H2,1-3H3/t14-,15-,16+,17-,18-,19?,20?/m1/s1. The molecular weight excluding hydrogens is 334 g/mol. The first-order chi connectivity index (χ1) is 12.2. The summed E-state index contributed by atoms with van der Waals surface area (Å²) in [5.74, 6) is -0.346. The van der Waals surface area contributed by atoms with Gasteiger partial charge in [-0.05, 0) is 31.6 Å². The molecule has 7 atom stereocenters. The minimum absolute atomic E-state index is 0.217. The molecule has 0 aromatic heterocycles. The van der Waals surface area contributed by atoms with Gasteiger partial charge in [-0.2, -0.15) is 0 Å². The molecule has 0 aliphatic carbocycles. The first-order valence-electron chi connectivity index (χ1n) is 10.3. The van der Waals surface area contributed by atoms with Gasteiger partial charge >= 0.3 is 0 Å². The summed E-state index contributed by atoms with van der Waals surface area (Å²) in [5, 5.41) is 31.5. The second kappa shape index (κ2) is 9.30. The largest absolute Gasteiger partial charge is 0.394 e. The van der Waals surface area contributed by atoms with E-state index in [9.17, 15) is 15.3 Å². The van der Waals surface area contributed by atoms with Crippen LogP contribution in [0.2, 0.25) is 0 Å². The summed E-state index contributed by atoms with van der Waals surface area (Å²) in [5.41, 5.74) is 5.10. The summed E-state index contributed by atoms with van der Waals surface area (Å²) in [7, 11) is 0. The summed E-state index contributed by atoms with van der Waals surface area (Å²) in [6.45, 7) is 5.79. The molecular formula is C20H39NO5. The van der Waals surface area contributed by atoms with Crippen LogP contribution in [-0.2, 0) is 9.47 Å². The van der Waals surface area contributed by atoms with Crippen molar-refractivity contribution in [2.45, 2.75) is 109 Å². The average molecular weight is 374 g/mol. The van der Waals surface area contributed by atoms with E-state index in [4.69, 9.17) is 15.2 Å². The van der Waals surface area contributed by atoms with E-state index in [0.29, 0.717) is 6.42 Å². The Balaban J connectivity index is 2.29. The smallest absolute Gasteiger partial charge is 0.188 e. The molecule has 2 bridgehead atoms. The molecule has 3 aliphatic rings. The second-order valence-electron chi connectivity index (χ2n) is 8.79. The molecule has 6 nitrogen and oxygen atoms in total. The van der Waals surface area contributed by atoms with Gasteiger partial charge in [-0.1, -0.05) is 52.4 Å². The van der Waals surface area contributed by atoms with Crippen molar-refractivity contribution in [3.63, 3.8) is 0 Å². The lowest BCUT2D eigenvalue weighted by molar-refractivity contribution is -0.328. The Labute approximate surface area is 158 Å². The summed E-state index contributed by atoms with van der Waals surface area (Å²) < 4.78 is 11.8. The number of rotatable bonds is 2. The SMILES string of the molecule is CCC1(C)CCCCCCCCC(C)(N)O[C@H]2O[C@H](CO)[C@@H]1[C@H](O)[C@H]2O. The Morgan fingerprint density at radius 3 is 2.12 bits per heavy atom. The Bertz CT molecular complexity index is 430. The van der Waals surface area contributed by atoms with Crippen LogP contribution in [0.4, 0.5) is 0 Å². The number of aliphatic hydroxyl groups is 3. The van der Waals surface area contributed by atoms with Crippen molar-refractivity contribution >= 4 is 0 Å². The number of hydrogen-bond donors (Lipinski definition) is 4. The van der Waals surface area contributed by atoms with Gasteiger partial charge in [0.05, 0.1) is 18.8 Å². The highest BCUT2D eigenvalue weighted by Crippen LogP contribution is 2.45. The molecule has 3 aliphatic heterocycles. The van der Waals surface area contributed by atoms with Gasteiger partial charge in [0.25, 0.3) is 0 Å². The fourth-order valence-corrected chi connectivity index (χ4v) is 4.66. The summed E-state index contributed by atoms with van der Waals surface area (Å²) in [4.78, 5) is 0. The van der Waals surface area contributed by atoms with Crippen molar-refractivity contribution in [2.24, 2.45) is 17.1 Å². The molecule has 3 rings (SSSR count). The van der Waals surface area contributed by atoms with E-state index in [1.165, 1.54) is 12.8 Å². The zero-order chi connectivity index (χ0) is 19.4. The van der Waals surface area contributed by atoms with Gasteiger partial charge in [0, 0.05) is 5.92 Å². The topological polar surface area (TPSA) is 105 Å². The minimum Gasteiger partial charge on any atom is -0.394 e. The van der Waals surface area contributed by atoms with Crippen LogP contribution in [0.25, 0.3) is 0 Å². The van der Waals surface area contributed by atoms with Crippen molar-refractivity contribution in [2.75, 3.05) is 6.61 Å². The predicted octanol–water partition coefficient (Wildman–Crippen LogP) is 2.28. The van der Waals surface area contributed by atoms with Crippen LogP contribution in [0.15, 0.2) is 0 Å². The highest BCUT2D eigenvalue weighted by Gasteiger charge is 2.52. The van der Waals surface area contributed by atoms with Crippen LogP contribution in [0.1, 0.15) is 78.6 Å². The summed E-state index contributed by atoms with van der Waals surface area (Å²) >= 11 is 0. The lowest BCUT2D eigenvalue weighted by Crippen LogP contribution is -2.62. The van der Waals surface area contributed by atoms with Gasteiger partial charge < -0.3 is 30.5 Å². The van der Waals surface area contributed by atoms with Gasteiger partial charge in [-0.3, -0.25) is 0 Å². The van der Waals surface area contributed by atoms with Crippen LogP contribution in [0, 0.1) is 11.3 Å². The fourth-order valence-electron chi connectivity index (χ4n) is 4.66. The van der Waals surface area contributed by atoms with Gasteiger partial charge in [0.1, 0.15) is 11.8 Å². The van der Waals surface area contributed by atoms with Crippen molar-refractivity contribution in [3.8, 4) is 0 Å². The number of nitrogens with two attached hydrogens (primary N) is 1. The van der Waals surface area contributed by atoms with Crippen LogP contribution in [0.3, 0.4) is 0 Å². The monoisotopic (exact) mass is 373 g/mol. The summed E-state index contributed by atoms with van der Waals surface area (Å²) in [6.07, 6.45) is 5.34. The van der Waals surface area contributed by atoms with Gasteiger partial charge in [0.2, 0.25) is 0 Å². The fraction of sp³-hybridized carbons (Fsp3) is 1.00. The molecule has 0 spiro atoms. The van der Waals surface area contributed by atoms with E-state index < -0.39 is 30.3 Å². The molecule has 3 saturated heterocycles. The molecule has 0 aromatic rings. The van der Waals surface area contributed by atoms with Gasteiger partial charge in [0.15, 0.2) is 6.29 Å². The minimum atomic E-state index is -1.18. The Morgan fingerprint density at radius 1 is 0.962 bits per heavy atom. The molecule has 5 N–H and O–H groups in total. The Kier molecular flexibility index (Phi) is 7.89. The molecule has 0 radical (unpaired) electrons. The molecule has 3 heterocycles. The van der Waals surface area contributed by atoms with E-state index in [1.54, 1.807) is 6.92 Å². The van der Waals surface area contributed by atoms with Gasteiger partial charge in [-0.15, -0.1) is 0 Å². The third-order valence-corrected chi connectivity index (χ3v) is 6.55. The number of ether oxygens (including phenoxy) is 2. The first kappa shape index (κ1) is 22.1. The third-order valence-electron chi connectivity index (χ3n) is 6.55. The zero-order valence-corrected chi connectivity index (χ0v) is 16.7.